The number of halogens is 3. The molecule has 1 aromatic carbocycles. The van der Waals surface area contributed by atoms with E-state index >= 15 is 0 Å². The van der Waals surface area contributed by atoms with E-state index in [2.05, 4.69) is 15.5 Å². The van der Waals surface area contributed by atoms with E-state index < -0.39 is 23.6 Å². The third-order valence-electron chi connectivity index (χ3n) is 3.85. The Balaban J connectivity index is 1.62. The third-order valence-corrected chi connectivity index (χ3v) is 3.85. The fraction of sp³-hybridized carbons (Fsp3) is 0.375. The first-order valence-corrected chi connectivity index (χ1v) is 7.76. The summed E-state index contributed by atoms with van der Waals surface area (Å²) in [6.45, 7) is -0.0910. The Morgan fingerprint density at radius 1 is 1.38 bits per heavy atom. The summed E-state index contributed by atoms with van der Waals surface area (Å²) in [4.78, 5) is 26.9. The van der Waals surface area contributed by atoms with Gasteiger partial charge in [-0.2, -0.15) is 18.2 Å². The van der Waals surface area contributed by atoms with Crippen LogP contribution < -0.4 is 5.32 Å². The molecular formula is C16H14F3N3O4. The minimum atomic E-state index is -4.48. The van der Waals surface area contributed by atoms with E-state index in [1.807, 2.05) is 0 Å². The molecule has 0 bridgehead atoms. The molecule has 10 heteroatoms. The SMILES string of the molecule is O=C1CC[C@H](C(=O)OCc2nc(-c3cccc(C(F)(F)F)c3)no2)CN1. The molecule has 0 unspecified atom stereocenters. The fourth-order valence-electron chi connectivity index (χ4n) is 2.45. The number of carbonyl (C=O) groups excluding carboxylic acids is 2. The maximum Gasteiger partial charge on any atom is 0.416 e. The third kappa shape index (κ3) is 4.19. The van der Waals surface area contributed by atoms with Crippen LogP contribution in [0.5, 0.6) is 0 Å². The quantitative estimate of drug-likeness (QED) is 0.832. The first-order valence-electron chi connectivity index (χ1n) is 7.76. The molecule has 1 atom stereocenters. The van der Waals surface area contributed by atoms with E-state index in [1.165, 1.54) is 12.1 Å². The maximum atomic E-state index is 12.8. The average molecular weight is 369 g/mol. The summed E-state index contributed by atoms with van der Waals surface area (Å²) >= 11 is 0. The second-order valence-corrected chi connectivity index (χ2v) is 5.74. The van der Waals surface area contributed by atoms with Gasteiger partial charge < -0.3 is 14.6 Å². The van der Waals surface area contributed by atoms with Gasteiger partial charge in [0.25, 0.3) is 5.89 Å². The Kier molecular flexibility index (Phi) is 4.92. The Bertz CT molecular complexity index is 809. The number of esters is 1. The minimum Gasteiger partial charge on any atom is -0.455 e. The van der Waals surface area contributed by atoms with Crippen molar-refractivity contribution in [1.82, 2.24) is 15.5 Å². The van der Waals surface area contributed by atoms with Gasteiger partial charge >= 0.3 is 12.1 Å². The zero-order valence-corrected chi connectivity index (χ0v) is 13.4. The highest BCUT2D eigenvalue weighted by molar-refractivity contribution is 5.80. The van der Waals surface area contributed by atoms with Crippen LogP contribution in [0, 0.1) is 5.92 Å². The Labute approximate surface area is 145 Å². The topological polar surface area (TPSA) is 94.3 Å². The summed E-state index contributed by atoms with van der Waals surface area (Å²) in [5, 5.41) is 6.18. The maximum absolute atomic E-state index is 12.8. The highest BCUT2D eigenvalue weighted by Crippen LogP contribution is 2.31. The number of benzene rings is 1. The molecule has 0 spiro atoms. The van der Waals surface area contributed by atoms with Gasteiger partial charge in [-0.3, -0.25) is 9.59 Å². The fourth-order valence-corrected chi connectivity index (χ4v) is 2.45. The lowest BCUT2D eigenvalue weighted by Gasteiger charge is -2.20. The largest absolute Gasteiger partial charge is 0.455 e. The number of nitrogens with zero attached hydrogens (tertiary/aromatic N) is 2. The van der Waals surface area contributed by atoms with Crippen LogP contribution in [0.4, 0.5) is 13.2 Å². The highest BCUT2D eigenvalue weighted by atomic mass is 19.4. The minimum absolute atomic E-state index is 0.0351. The molecule has 0 radical (unpaired) electrons. The van der Waals surface area contributed by atoms with Crippen LogP contribution in [0.2, 0.25) is 0 Å². The number of aromatic nitrogens is 2. The molecule has 1 fully saturated rings. The van der Waals surface area contributed by atoms with Gasteiger partial charge in [-0.15, -0.1) is 0 Å². The number of hydrogen-bond donors (Lipinski definition) is 1. The second kappa shape index (κ2) is 7.14. The van der Waals surface area contributed by atoms with E-state index in [-0.39, 0.29) is 42.8 Å². The smallest absolute Gasteiger partial charge is 0.416 e. The predicted octanol–water partition coefficient (Wildman–Crippen LogP) is 2.32. The van der Waals surface area contributed by atoms with Gasteiger partial charge in [-0.05, 0) is 18.6 Å². The van der Waals surface area contributed by atoms with Crippen LogP contribution in [0.1, 0.15) is 24.3 Å². The summed E-state index contributed by atoms with van der Waals surface area (Å²) in [5.41, 5.74) is -0.691. The molecule has 1 saturated heterocycles. The van der Waals surface area contributed by atoms with Crippen LogP contribution in [-0.2, 0) is 27.1 Å². The summed E-state index contributed by atoms with van der Waals surface area (Å²) in [5.74, 6) is -1.14. The lowest BCUT2D eigenvalue weighted by Crippen LogP contribution is -2.39. The van der Waals surface area contributed by atoms with Gasteiger partial charge in [0.15, 0.2) is 6.61 Å². The molecule has 0 aliphatic carbocycles. The van der Waals surface area contributed by atoms with E-state index in [4.69, 9.17) is 9.26 Å². The van der Waals surface area contributed by atoms with Crippen molar-refractivity contribution in [1.29, 1.82) is 0 Å². The molecule has 26 heavy (non-hydrogen) atoms. The van der Waals surface area contributed by atoms with Crippen LogP contribution in [-0.4, -0.2) is 28.6 Å². The van der Waals surface area contributed by atoms with Gasteiger partial charge in [0.1, 0.15) is 0 Å². The molecule has 7 nitrogen and oxygen atoms in total. The van der Waals surface area contributed by atoms with Crippen molar-refractivity contribution in [2.75, 3.05) is 6.54 Å². The Morgan fingerprint density at radius 2 is 2.19 bits per heavy atom. The summed E-state index contributed by atoms with van der Waals surface area (Å²) < 4.78 is 48.2. The number of nitrogens with one attached hydrogen (secondary N) is 1. The molecule has 1 N–H and O–H groups in total. The van der Waals surface area contributed by atoms with Gasteiger partial charge in [0.2, 0.25) is 11.7 Å². The molecule has 0 saturated carbocycles. The summed E-state index contributed by atoms with van der Waals surface area (Å²) in [6.07, 6.45) is -3.84. The van der Waals surface area contributed by atoms with E-state index in [0.717, 1.165) is 12.1 Å². The van der Waals surface area contributed by atoms with E-state index in [0.29, 0.717) is 6.42 Å². The molecule has 1 aromatic heterocycles. The van der Waals surface area contributed by atoms with Crippen molar-refractivity contribution in [3.63, 3.8) is 0 Å². The number of carbonyl (C=O) groups is 2. The van der Waals surface area contributed by atoms with Crippen LogP contribution in [0.15, 0.2) is 28.8 Å². The number of amides is 1. The average Bonchev–Trinajstić information content (AvgIpc) is 3.09. The molecule has 1 aliphatic heterocycles. The van der Waals surface area contributed by atoms with Gasteiger partial charge in [0, 0.05) is 18.5 Å². The van der Waals surface area contributed by atoms with Crippen molar-refractivity contribution < 1.29 is 32.0 Å². The Morgan fingerprint density at radius 3 is 2.88 bits per heavy atom. The second-order valence-electron chi connectivity index (χ2n) is 5.74. The zero-order valence-electron chi connectivity index (χ0n) is 13.4. The van der Waals surface area contributed by atoms with Crippen molar-refractivity contribution in [3.8, 4) is 11.4 Å². The standard InChI is InChI=1S/C16H14F3N3O4/c17-16(18,19)11-3-1-2-9(6-11)14-21-13(26-22-14)8-25-15(24)10-4-5-12(23)20-7-10/h1-3,6,10H,4-5,7-8H2,(H,20,23)/t10-/m0/s1. The van der Waals surface area contributed by atoms with E-state index in [9.17, 15) is 22.8 Å². The van der Waals surface area contributed by atoms with Crippen molar-refractivity contribution in [2.24, 2.45) is 5.92 Å². The molecule has 138 valence electrons. The molecule has 2 heterocycles. The molecule has 3 rings (SSSR count). The van der Waals surface area contributed by atoms with Crippen molar-refractivity contribution in [2.45, 2.75) is 25.6 Å². The number of ether oxygens (including phenoxy) is 1. The number of hydrogen-bond acceptors (Lipinski definition) is 6. The Hall–Kier alpha value is -2.91. The van der Waals surface area contributed by atoms with Crippen molar-refractivity contribution in [3.05, 3.63) is 35.7 Å². The van der Waals surface area contributed by atoms with Crippen molar-refractivity contribution >= 4 is 11.9 Å². The number of alkyl halides is 3. The van der Waals surface area contributed by atoms with Crippen LogP contribution in [0.3, 0.4) is 0 Å². The normalized spacial score (nSPS) is 17.7. The van der Waals surface area contributed by atoms with Gasteiger partial charge in [-0.25, -0.2) is 0 Å². The monoisotopic (exact) mass is 369 g/mol. The first-order chi connectivity index (χ1) is 12.3. The highest BCUT2D eigenvalue weighted by Gasteiger charge is 2.31. The summed E-state index contributed by atoms with van der Waals surface area (Å²) in [7, 11) is 0. The summed E-state index contributed by atoms with van der Waals surface area (Å²) in [6, 6.07) is 4.51. The van der Waals surface area contributed by atoms with Crippen LogP contribution >= 0.6 is 0 Å². The molecule has 1 aliphatic rings. The number of rotatable bonds is 4. The number of piperidine rings is 1. The predicted molar refractivity (Wildman–Crippen MR) is 80.3 cm³/mol. The molecular weight excluding hydrogens is 355 g/mol. The lowest BCUT2D eigenvalue weighted by atomic mass is 10.00. The van der Waals surface area contributed by atoms with Gasteiger partial charge in [0.05, 0.1) is 11.5 Å². The first kappa shape index (κ1) is 17.9. The molecule has 1 amide bonds. The zero-order chi connectivity index (χ0) is 18.7. The van der Waals surface area contributed by atoms with Crippen LogP contribution in [0.25, 0.3) is 11.4 Å². The lowest BCUT2D eigenvalue weighted by molar-refractivity contribution is -0.151. The molecule has 2 aromatic rings. The van der Waals surface area contributed by atoms with Gasteiger partial charge in [-0.1, -0.05) is 17.3 Å². The van der Waals surface area contributed by atoms with E-state index in [1.54, 1.807) is 0 Å².